The molecule has 1 aliphatic rings. The summed E-state index contributed by atoms with van der Waals surface area (Å²) in [5.74, 6) is 1.61. The van der Waals surface area contributed by atoms with Crippen LogP contribution >= 0.6 is 0 Å². The highest BCUT2D eigenvalue weighted by molar-refractivity contribution is 4.96. The lowest BCUT2D eigenvalue weighted by molar-refractivity contribution is 0.126. The van der Waals surface area contributed by atoms with Crippen molar-refractivity contribution in [1.82, 2.24) is 25.5 Å². The van der Waals surface area contributed by atoms with E-state index in [1.54, 1.807) is 0 Å². The first-order valence-corrected chi connectivity index (χ1v) is 7.93. The normalized spacial score (nSPS) is 24.0. The van der Waals surface area contributed by atoms with Gasteiger partial charge in [-0.25, -0.2) is 4.68 Å². The average Bonchev–Trinajstić information content (AvgIpc) is 2.84. The quantitative estimate of drug-likeness (QED) is 0.899. The molecule has 1 aliphatic carbocycles. The summed E-state index contributed by atoms with van der Waals surface area (Å²) in [5, 5.41) is 16.0. The fraction of sp³-hybridized carbons (Fsp3) is 0.933. The third-order valence-electron chi connectivity index (χ3n) is 4.48. The first kappa shape index (κ1) is 15.4. The highest BCUT2D eigenvalue weighted by atomic mass is 15.6. The molecule has 1 heterocycles. The molecular formula is C15H29N5. The highest BCUT2D eigenvalue weighted by Crippen LogP contribution is 2.43. The standard InChI is InChI=1S/C15H29N5/c1-11(2)10-16-12(3)14-17-18-19-20(14)13-8-6-7-9-15(13,4)5/h11-13,16H,6-10H2,1-5H3. The molecular weight excluding hydrogens is 250 g/mol. The van der Waals surface area contributed by atoms with Crippen LogP contribution in [0, 0.1) is 11.3 Å². The van der Waals surface area contributed by atoms with E-state index in [9.17, 15) is 0 Å². The Balaban J connectivity index is 2.15. The van der Waals surface area contributed by atoms with Crippen LogP contribution in [0.1, 0.15) is 78.2 Å². The van der Waals surface area contributed by atoms with Gasteiger partial charge in [0.05, 0.1) is 12.1 Å². The van der Waals surface area contributed by atoms with Gasteiger partial charge in [0.1, 0.15) is 0 Å². The lowest BCUT2D eigenvalue weighted by Crippen LogP contribution is -2.34. The summed E-state index contributed by atoms with van der Waals surface area (Å²) in [4.78, 5) is 0. The number of nitrogens with one attached hydrogen (secondary N) is 1. The topological polar surface area (TPSA) is 55.6 Å². The van der Waals surface area contributed by atoms with E-state index in [2.05, 4.69) is 60.1 Å². The zero-order valence-corrected chi connectivity index (χ0v) is 13.6. The molecule has 1 aromatic heterocycles. The number of tetrazole rings is 1. The third kappa shape index (κ3) is 3.37. The predicted octanol–water partition coefficient (Wildman–Crippen LogP) is 3.12. The molecule has 114 valence electrons. The number of aromatic nitrogens is 4. The van der Waals surface area contributed by atoms with Crippen molar-refractivity contribution >= 4 is 0 Å². The summed E-state index contributed by atoms with van der Waals surface area (Å²) >= 11 is 0. The molecule has 2 atom stereocenters. The average molecular weight is 279 g/mol. The van der Waals surface area contributed by atoms with Crippen LogP contribution in [0.15, 0.2) is 0 Å². The molecule has 0 aliphatic heterocycles. The van der Waals surface area contributed by atoms with E-state index in [4.69, 9.17) is 0 Å². The SMILES string of the molecule is CC(C)CNC(C)c1nnnn1C1CCCCC1(C)C. The van der Waals surface area contributed by atoms with Gasteiger partial charge in [-0.1, -0.05) is 40.5 Å². The Labute approximate surface area is 122 Å². The molecule has 0 bridgehead atoms. The Morgan fingerprint density at radius 2 is 2.05 bits per heavy atom. The van der Waals surface area contributed by atoms with Crippen molar-refractivity contribution in [3.8, 4) is 0 Å². The maximum absolute atomic E-state index is 4.30. The van der Waals surface area contributed by atoms with Gasteiger partial charge < -0.3 is 5.32 Å². The van der Waals surface area contributed by atoms with Crippen LogP contribution in [-0.4, -0.2) is 26.8 Å². The van der Waals surface area contributed by atoms with Crippen LogP contribution in [0.2, 0.25) is 0 Å². The smallest absolute Gasteiger partial charge is 0.168 e. The Kier molecular flexibility index (Phi) is 4.78. The maximum Gasteiger partial charge on any atom is 0.168 e. The lowest BCUT2D eigenvalue weighted by Gasteiger charge is -2.39. The molecule has 0 radical (unpaired) electrons. The second kappa shape index (κ2) is 6.20. The van der Waals surface area contributed by atoms with E-state index in [0.717, 1.165) is 12.4 Å². The van der Waals surface area contributed by atoms with E-state index < -0.39 is 0 Å². The van der Waals surface area contributed by atoms with Crippen molar-refractivity contribution < 1.29 is 0 Å². The van der Waals surface area contributed by atoms with Crippen molar-refractivity contribution in [2.75, 3.05) is 6.54 Å². The highest BCUT2D eigenvalue weighted by Gasteiger charge is 2.36. The molecule has 0 aromatic carbocycles. The molecule has 5 heteroatoms. The fourth-order valence-corrected chi connectivity index (χ4v) is 3.14. The summed E-state index contributed by atoms with van der Waals surface area (Å²) in [7, 11) is 0. The Bertz CT molecular complexity index is 424. The Hall–Kier alpha value is -0.970. The van der Waals surface area contributed by atoms with Crippen LogP contribution in [0.3, 0.4) is 0 Å². The first-order valence-electron chi connectivity index (χ1n) is 7.93. The van der Waals surface area contributed by atoms with Gasteiger partial charge in [-0.2, -0.15) is 0 Å². The number of rotatable bonds is 5. The van der Waals surface area contributed by atoms with Crippen LogP contribution in [0.25, 0.3) is 0 Å². The molecule has 0 saturated heterocycles. The minimum absolute atomic E-state index is 0.199. The van der Waals surface area contributed by atoms with Gasteiger partial charge in [0.15, 0.2) is 5.82 Å². The molecule has 2 rings (SSSR count). The molecule has 1 saturated carbocycles. The van der Waals surface area contributed by atoms with Crippen LogP contribution in [0.4, 0.5) is 0 Å². The predicted molar refractivity (Wildman–Crippen MR) is 80.4 cm³/mol. The van der Waals surface area contributed by atoms with E-state index in [1.165, 1.54) is 25.7 Å². The number of hydrogen-bond acceptors (Lipinski definition) is 4. The largest absolute Gasteiger partial charge is 0.307 e. The van der Waals surface area contributed by atoms with Crippen molar-refractivity contribution in [2.24, 2.45) is 11.3 Å². The maximum atomic E-state index is 4.30. The summed E-state index contributed by atoms with van der Waals surface area (Å²) in [6.45, 7) is 12.3. The summed E-state index contributed by atoms with van der Waals surface area (Å²) in [6.07, 6.45) is 5.04. The molecule has 2 unspecified atom stereocenters. The van der Waals surface area contributed by atoms with Gasteiger partial charge >= 0.3 is 0 Å². The van der Waals surface area contributed by atoms with Crippen molar-refractivity contribution in [3.63, 3.8) is 0 Å². The van der Waals surface area contributed by atoms with E-state index in [1.807, 2.05) is 0 Å². The Morgan fingerprint density at radius 3 is 2.70 bits per heavy atom. The van der Waals surface area contributed by atoms with Gasteiger partial charge in [-0.15, -0.1) is 5.10 Å². The summed E-state index contributed by atoms with van der Waals surface area (Å²) in [5.41, 5.74) is 0.278. The van der Waals surface area contributed by atoms with Gasteiger partial charge in [-0.3, -0.25) is 0 Å². The van der Waals surface area contributed by atoms with Gasteiger partial charge in [0.25, 0.3) is 0 Å². The number of hydrogen-bond donors (Lipinski definition) is 1. The monoisotopic (exact) mass is 279 g/mol. The second-order valence-electron chi connectivity index (χ2n) is 7.26. The molecule has 1 fully saturated rings. The summed E-state index contributed by atoms with van der Waals surface area (Å²) in [6, 6.07) is 0.620. The minimum atomic E-state index is 0.199. The fourth-order valence-electron chi connectivity index (χ4n) is 3.14. The van der Waals surface area contributed by atoms with Crippen molar-refractivity contribution in [2.45, 2.75) is 72.4 Å². The molecule has 5 nitrogen and oxygen atoms in total. The van der Waals surface area contributed by atoms with E-state index in [0.29, 0.717) is 12.0 Å². The zero-order valence-electron chi connectivity index (χ0n) is 13.6. The van der Waals surface area contributed by atoms with E-state index in [-0.39, 0.29) is 11.5 Å². The minimum Gasteiger partial charge on any atom is -0.307 e. The molecule has 0 spiro atoms. The lowest BCUT2D eigenvalue weighted by atomic mass is 9.73. The molecule has 0 amide bonds. The summed E-state index contributed by atoms with van der Waals surface area (Å²) < 4.78 is 2.08. The third-order valence-corrected chi connectivity index (χ3v) is 4.48. The van der Waals surface area contributed by atoms with Crippen molar-refractivity contribution in [1.29, 1.82) is 0 Å². The van der Waals surface area contributed by atoms with Crippen molar-refractivity contribution in [3.05, 3.63) is 5.82 Å². The molecule has 1 N–H and O–H groups in total. The first-order chi connectivity index (χ1) is 9.42. The zero-order chi connectivity index (χ0) is 14.8. The van der Waals surface area contributed by atoms with E-state index >= 15 is 0 Å². The second-order valence-corrected chi connectivity index (χ2v) is 7.26. The van der Waals surface area contributed by atoms with Crippen LogP contribution < -0.4 is 5.32 Å². The van der Waals surface area contributed by atoms with Gasteiger partial charge in [0, 0.05) is 0 Å². The Morgan fingerprint density at radius 1 is 1.30 bits per heavy atom. The van der Waals surface area contributed by atoms with Gasteiger partial charge in [0.2, 0.25) is 0 Å². The van der Waals surface area contributed by atoms with Crippen LogP contribution in [-0.2, 0) is 0 Å². The van der Waals surface area contributed by atoms with Crippen LogP contribution in [0.5, 0.6) is 0 Å². The molecule has 20 heavy (non-hydrogen) atoms. The number of nitrogens with zero attached hydrogens (tertiary/aromatic N) is 4. The molecule has 1 aromatic rings. The van der Waals surface area contributed by atoms with Gasteiger partial charge in [-0.05, 0) is 48.1 Å².